The van der Waals surface area contributed by atoms with Crippen molar-refractivity contribution in [1.82, 2.24) is 9.78 Å². The molecule has 0 spiro atoms. The fourth-order valence-corrected chi connectivity index (χ4v) is 3.90. The Morgan fingerprint density at radius 1 is 1.12 bits per heavy atom. The average molecular weight is 468 g/mol. The summed E-state index contributed by atoms with van der Waals surface area (Å²) in [6.45, 7) is -0.477. The lowest BCUT2D eigenvalue weighted by atomic mass is 10.2. The van der Waals surface area contributed by atoms with E-state index in [0.29, 0.717) is 22.2 Å². The van der Waals surface area contributed by atoms with Crippen LogP contribution in [0.25, 0.3) is 16.3 Å². The first-order chi connectivity index (χ1) is 15.5. The highest BCUT2D eigenvalue weighted by molar-refractivity contribution is 7.13. The average Bonchev–Trinajstić information content (AvgIpc) is 3.48. The van der Waals surface area contributed by atoms with Crippen molar-refractivity contribution >= 4 is 40.5 Å². The highest BCUT2D eigenvalue weighted by Gasteiger charge is 2.21. The molecule has 4 rings (SSSR count). The van der Waals surface area contributed by atoms with Crippen LogP contribution in [0.3, 0.4) is 0 Å². The van der Waals surface area contributed by atoms with Crippen molar-refractivity contribution in [2.75, 3.05) is 19.0 Å². The number of benzene rings is 2. The quantitative estimate of drug-likeness (QED) is 0.384. The molecule has 0 bridgehead atoms. The van der Waals surface area contributed by atoms with Crippen LogP contribution in [0.1, 0.15) is 10.4 Å². The summed E-state index contributed by atoms with van der Waals surface area (Å²) in [6, 6.07) is 18.0. The number of thiophene rings is 1. The lowest BCUT2D eigenvalue weighted by Crippen LogP contribution is -2.21. The summed E-state index contributed by atoms with van der Waals surface area (Å²) in [7, 11) is 1.48. The van der Waals surface area contributed by atoms with Crippen LogP contribution < -0.4 is 10.1 Å². The maximum atomic E-state index is 12.8. The highest BCUT2D eigenvalue weighted by Crippen LogP contribution is 2.29. The maximum Gasteiger partial charge on any atom is 0.342 e. The van der Waals surface area contributed by atoms with Gasteiger partial charge in [-0.2, -0.15) is 5.10 Å². The summed E-state index contributed by atoms with van der Waals surface area (Å²) in [5, 5.41) is 9.54. The van der Waals surface area contributed by atoms with Crippen LogP contribution in [0.5, 0.6) is 5.75 Å². The van der Waals surface area contributed by atoms with Crippen molar-refractivity contribution in [3.63, 3.8) is 0 Å². The van der Waals surface area contributed by atoms with Crippen LogP contribution in [0.4, 0.5) is 5.69 Å². The lowest BCUT2D eigenvalue weighted by molar-refractivity contribution is -0.119. The van der Waals surface area contributed by atoms with Gasteiger partial charge in [0.05, 0.1) is 23.4 Å². The molecule has 4 aromatic rings. The monoisotopic (exact) mass is 467 g/mol. The Balaban J connectivity index is 1.51. The minimum Gasteiger partial charge on any atom is -0.495 e. The van der Waals surface area contributed by atoms with Crippen molar-refractivity contribution in [3.05, 3.63) is 82.8 Å². The van der Waals surface area contributed by atoms with Gasteiger partial charge in [0.1, 0.15) is 17.0 Å². The van der Waals surface area contributed by atoms with Gasteiger partial charge in [-0.15, -0.1) is 11.3 Å². The minimum atomic E-state index is -0.649. The third kappa shape index (κ3) is 4.82. The SMILES string of the molecule is COc1ccc(Cl)cc1NC(=O)COC(=O)c1cn(-c2ccccc2)nc1-c1cccs1. The molecular weight excluding hydrogens is 450 g/mol. The number of carbonyl (C=O) groups excluding carboxylic acids is 2. The summed E-state index contributed by atoms with van der Waals surface area (Å²) in [5.74, 6) is -0.728. The van der Waals surface area contributed by atoms with E-state index in [1.54, 1.807) is 29.1 Å². The second kappa shape index (κ2) is 9.67. The molecule has 0 saturated heterocycles. The molecule has 9 heteroatoms. The molecule has 2 aromatic carbocycles. The highest BCUT2D eigenvalue weighted by atomic mass is 35.5. The molecule has 1 N–H and O–H groups in total. The Morgan fingerprint density at radius 2 is 1.94 bits per heavy atom. The molecule has 0 atom stereocenters. The van der Waals surface area contributed by atoms with Gasteiger partial charge in [-0.3, -0.25) is 4.79 Å². The molecule has 0 radical (unpaired) electrons. The zero-order valence-corrected chi connectivity index (χ0v) is 18.5. The van der Waals surface area contributed by atoms with E-state index in [9.17, 15) is 9.59 Å². The molecule has 1 amide bonds. The first-order valence-electron chi connectivity index (χ1n) is 9.54. The van der Waals surface area contributed by atoms with Crippen molar-refractivity contribution < 1.29 is 19.1 Å². The van der Waals surface area contributed by atoms with Crippen molar-refractivity contribution in [2.24, 2.45) is 0 Å². The third-order valence-electron chi connectivity index (χ3n) is 4.48. The standard InChI is InChI=1S/C23H18ClN3O4S/c1-30-19-10-9-15(24)12-18(19)25-21(28)14-31-23(29)17-13-27(16-6-3-2-4-7-16)26-22(17)20-8-5-11-32-20/h2-13H,14H2,1H3,(H,25,28). The lowest BCUT2D eigenvalue weighted by Gasteiger charge is -2.10. The molecule has 32 heavy (non-hydrogen) atoms. The number of carbonyl (C=O) groups is 2. The number of nitrogens with one attached hydrogen (secondary N) is 1. The molecule has 7 nitrogen and oxygen atoms in total. The number of methoxy groups -OCH3 is 1. The fraction of sp³-hybridized carbons (Fsp3) is 0.0870. The number of rotatable bonds is 7. The number of esters is 1. The number of ether oxygens (including phenoxy) is 2. The van der Waals surface area contributed by atoms with Gasteiger partial charge in [0.25, 0.3) is 5.91 Å². The van der Waals surface area contributed by atoms with E-state index in [-0.39, 0.29) is 5.56 Å². The van der Waals surface area contributed by atoms with Crippen LogP contribution in [0, 0.1) is 0 Å². The van der Waals surface area contributed by atoms with Gasteiger partial charge in [-0.25, -0.2) is 9.48 Å². The Bertz CT molecular complexity index is 1240. The molecule has 0 aliphatic heterocycles. The van der Waals surface area contributed by atoms with E-state index in [1.165, 1.54) is 18.4 Å². The summed E-state index contributed by atoms with van der Waals surface area (Å²) in [6.07, 6.45) is 1.60. The van der Waals surface area contributed by atoms with E-state index in [1.807, 2.05) is 47.8 Å². The summed E-state index contributed by atoms with van der Waals surface area (Å²) < 4.78 is 12.1. The molecule has 0 aliphatic carbocycles. The van der Waals surface area contributed by atoms with Crippen LogP contribution in [-0.4, -0.2) is 35.4 Å². The number of anilines is 1. The third-order valence-corrected chi connectivity index (χ3v) is 5.59. The smallest absolute Gasteiger partial charge is 0.342 e. The molecule has 162 valence electrons. The number of hydrogen-bond donors (Lipinski definition) is 1. The zero-order valence-electron chi connectivity index (χ0n) is 16.9. The topological polar surface area (TPSA) is 82.5 Å². The van der Waals surface area contributed by atoms with Gasteiger partial charge < -0.3 is 14.8 Å². The van der Waals surface area contributed by atoms with E-state index in [0.717, 1.165) is 10.6 Å². The van der Waals surface area contributed by atoms with Crippen LogP contribution in [0.15, 0.2) is 72.2 Å². The molecule has 0 saturated carbocycles. The van der Waals surface area contributed by atoms with E-state index < -0.39 is 18.5 Å². The van der Waals surface area contributed by atoms with Gasteiger partial charge >= 0.3 is 5.97 Å². The van der Waals surface area contributed by atoms with Crippen molar-refractivity contribution in [1.29, 1.82) is 0 Å². The van der Waals surface area contributed by atoms with Crippen molar-refractivity contribution in [3.8, 4) is 22.0 Å². The second-order valence-corrected chi connectivity index (χ2v) is 8.00. The Morgan fingerprint density at radius 3 is 2.66 bits per heavy atom. The zero-order chi connectivity index (χ0) is 22.5. The molecular formula is C23H18ClN3O4S. The largest absolute Gasteiger partial charge is 0.495 e. The fourth-order valence-electron chi connectivity index (χ4n) is 3.00. The number of aromatic nitrogens is 2. The molecule has 0 fully saturated rings. The Kier molecular flexibility index (Phi) is 6.53. The molecule has 2 heterocycles. The van der Waals surface area contributed by atoms with E-state index >= 15 is 0 Å². The Hall–Kier alpha value is -3.62. The number of hydrogen-bond acceptors (Lipinski definition) is 6. The first-order valence-corrected chi connectivity index (χ1v) is 10.8. The van der Waals surface area contributed by atoms with Gasteiger partial charge in [-0.05, 0) is 41.8 Å². The molecule has 0 aliphatic rings. The summed E-state index contributed by atoms with van der Waals surface area (Å²) in [4.78, 5) is 26.0. The van der Waals surface area contributed by atoms with Crippen molar-refractivity contribution in [2.45, 2.75) is 0 Å². The van der Waals surface area contributed by atoms with Crippen LogP contribution in [-0.2, 0) is 9.53 Å². The predicted molar refractivity (Wildman–Crippen MR) is 124 cm³/mol. The normalized spacial score (nSPS) is 10.6. The summed E-state index contributed by atoms with van der Waals surface area (Å²) >= 11 is 7.44. The number of nitrogens with zero attached hydrogens (tertiary/aromatic N) is 2. The predicted octanol–water partition coefficient (Wildman–Crippen LogP) is 5.06. The maximum absolute atomic E-state index is 12.8. The number of para-hydroxylation sites is 1. The van der Waals surface area contributed by atoms with Gasteiger partial charge in [-0.1, -0.05) is 35.9 Å². The Labute approximate surface area is 193 Å². The van der Waals surface area contributed by atoms with E-state index in [4.69, 9.17) is 21.1 Å². The van der Waals surface area contributed by atoms with Crippen LogP contribution >= 0.6 is 22.9 Å². The minimum absolute atomic E-state index is 0.268. The summed E-state index contributed by atoms with van der Waals surface area (Å²) in [5.41, 5.74) is 1.95. The second-order valence-electron chi connectivity index (χ2n) is 6.62. The van der Waals surface area contributed by atoms with Crippen LogP contribution in [0.2, 0.25) is 5.02 Å². The first kappa shape index (κ1) is 21.6. The van der Waals surface area contributed by atoms with Gasteiger partial charge in [0, 0.05) is 11.2 Å². The molecule has 2 aromatic heterocycles. The number of halogens is 1. The van der Waals surface area contributed by atoms with E-state index in [2.05, 4.69) is 10.4 Å². The molecule has 0 unspecified atom stereocenters. The van der Waals surface area contributed by atoms with Gasteiger partial charge in [0.15, 0.2) is 6.61 Å². The van der Waals surface area contributed by atoms with Gasteiger partial charge in [0.2, 0.25) is 0 Å². The number of amides is 1.